The first-order valence-corrected chi connectivity index (χ1v) is 7.40. The van der Waals surface area contributed by atoms with Gasteiger partial charge >= 0.3 is 0 Å². The fraction of sp³-hybridized carbons (Fsp3) is 0.909. The van der Waals surface area contributed by atoms with Gasteiger partial charge in [-0.05, 0) is 25.3 Å². The van der Waals surface area contributed by atoms with Crippen LogP contribution in [0.25, 0.3) is 0 Å². The Morgan fingerprint density at radius 1 is 1.44 bits per heavy atom. The maximum absolute atomic E-state index is 11.4. The first kappa shape index (κ1) is 15.6. The Morgan fingerprint density at radius 3 is 2.69 bits per heavy atom. The zero-order valence-corrected chi connectivity index (χ0v) is 11.1. The van der Waals surface area contributed by atoms with Crippen molar-refractivity contribution in [3.63, 3.8) is 0 Å². The molecule has 0 aromatic heterocycles. The maximum Gasteiger partial charge on any atom is 0.220 e. The summed E-state index contributed by atoms with van der Waals surface area (Å²) < 4.78 is 11.1. The van der Waals surface area contributed by atoms with Gasteiger partial charge in [-0.25, -0.2) is 0 Å². The summed E-state index contributed by atoms with van der Waals surface area (Å²) in [5.41, 5.74) is 5.43. The molecule has 0 heterocycles. The van der Waals surface area contributed by atoms with Gasteiger partial charge in [-0.3, -0.25) is 9.00 Å². The number of hydrogen-bond donors (Lipinski definition) is 2. The number of hydrogen-bond acceptors (Lipinski definition) is 3. The molecule has 0 aliphatic rings. The van der Waals surface area contributed by atoms with E-state index < -0.39 is 10.8 Å². The van der Waals surface area contributed by atoms with Crippen molar-refractivity contribution in [2.75, 3.05) is 24.6 Å². The highest BCUT2D eigenvalue weighted by Gasteiger charge is 2.06. The summed E-state index contributed by atoms with van der Waals surface area (Å²) in [7, 11) is -0.790. The second-order valence-electron chi connectivity index (χ2n) is 4.00. The van der Waals surface area contributed by atoms with E-state index in [0.717, 1.165) is 12.8 Å². The molecule has 0 spiro atoms. The summed E-state index contributed by atoms with van der Waals surface area (Å²) in [4.78, 5) is 11.4. The van der Waals surface area contributed by atoms with Crippen LogP contribution in [0.4, 0.5) is 0 Å². The molecular weight excluding hydrogens is 224 g/mol. The van der Waals surface area contributed by atoms with Crippen LogP contribution < -0.4 is 11.1 Å². The summed E-state index contributed by atoms with van der Waals surface area (Å²) in [6.45, 7) is 5.18. The molecule has 0 rings (SSSR count). The van der Waals surface area contributed by atoms with Gasteiger partial charge in [0.2, 0.25) is 5.91 Å². The summed E-state index contributed by atoms with van der Waals surface area (Å²) in [6, 6.07) is 0. The Hall–Kier alpha value is -0.420. The van der Waals surface area contributed by atoms with Crippen molar-refractivity contribution in [1.29, 1.82) is 0 Å². The average molecular weight is 248 g/mol. The Balaban J connectivity index is 3.48. The Kier molecular flexibility index (Phi) is 9.52. The minimum Gasteiger partial charge on any atom is -0.355 e. The van der Waals surface area contributed by atoms with E-state index >= 15 is 0 Å². The number of carbonyl (C=O) groups excluding carboxylic acids is 1. The number of carbonyl (C=O) groups is 1. The summed E-state index contributed by atoms with van der Waals surface area (Å²) >= 11 is 0. The SMILES string of the molecule is CCS(=O)CCNC(=O)CCC(C)CCN. The lowest BCUT2D eigenvalue weighted by molar-refractivity contribution is -0.121. The maximum atomic E-state index is 11.4. The highest BCUT2D eigenvalue weighted by atomic mass is 32.2. The third kappa shape index (κ3) is 8.85. The van der Waals surface area contributed by atoms with Gasteiger partial charge in [0.15, 0.2) is 0 Å². The van der Waals surface area contributed by atoms with Crippen molar-refractivity contribution in [2.24, 2.45) is 11.7 Å². The fourth-order valence-electron chi connectivity index (χ4n) is 1.34. The van der Waals surface area contributed by atoms with Gasteiger partial charge in [-0.2, -0.15) is 0 Å². The van der Waals surface area contributed by atoms with Gasteiger partial charge in [-0.1, -0.05) is 13.8 Å². The lowest BCUT2D eigenvalue weighted by Gasteiger charge is -2.09. The third-order valence-electron chi connectivity index (χ3n) is 2.50. The molecule has 0 aromatic rings. The van der Waals surface area contributed by atoms with Crippen LogP contribution >= 0.6 is 0 Å². The van der Waals surface area contributed by atoms with Crippen molar-refractivity contribution in [3.8, 4) is 0 Å². The van der Waals surface area contributed by atoms with Gasteiger partial charge in [0.25, 0.3) is 0 Å². The smallest absolute Gasteiger partial charge is 0.220 e. The number of nitrogens with one attached hydrogen (secondary N) is 1. The van der Waals surface area contributed by atoms with Crippen molar-refractivity contribution in [3.05, 3.63) is 0 Å². The van der Waals surface area contributed by atoms with Crippen LogP contribution in [0.5, 0.6) is 0 Å². The molecule has 2 atom stereocenters. The monoisotopic (exact) mass is 248 g/mol. The van der Waals surface area contributed by atoms with Crippen molar-refractivity contribution >= 4 is 16.7 Å². The van der Waals surface area contributed by atoms with Crippen LogP contribution in [0.1, 0.15) is 33.1 Å². The second-order valence-corrected chi connectivity index (χ2v) is 5.87. The fourth-order valence-corrected chi connectivity index (χ4v) is 1.96. The molecule has 0 saturated heterocycles. The molecule has 0 fully saturated rings. The predicted molar refractivity (Wildman–Crippen MR) is 68.6 cm³/mol. The Morgan fingerprint density at radius 2 is 2.12 bits per heavy atom. The minimum atomic E-state index is -0.790. The van der Waals surface area contributed by atoms with Gasteiger partial charge < -0.3 is 11.1 Å². The molecule has 0 radical (unpaired) electrons. The zero-order chi connectivity index (χ0) is 12.4. The molecule has 4 nitrogen and oxygen atoms in total. The van der Waals surface area contributed by atoms with Crippen LogP contribution in [-0.2, 0) is 15.6 Å². The van der Waals surface area contributed by atoms with E-state index in [-0.39, 0.29) is 5.91 Å². The second kappa shape index (κ2) is 9.78. The lowest BCUT2D eigenvalue weighted by atomic mass is 10.0. The van der Waals surface area contributed by atoms with Gasteiger partial charge in [0.1, 0.15) is 0 Å². The van der Waals surface area contributed by atoms with Gasteiger partial charge in [0.05, 0.1) is 0 Å². The molecule has 96 valence electrons. The molecular formula is C11H24N2O2S. The summed E-state index contributed by atoms with van der Waals surface area (Å²) in [6.07, 6.45) is 2.38. The Bertz CT molecular complexity index is 222. The van der Waals surface area contributed by atoms with E-state index in [2.05, 4.69) is 12.2 Å². The number of nitrogens with two attached hydrogens (primary N) is 1. The van der Waals surface area contributed by atoms with E-state index in [0.29, 0.717) is 36.9 Å². The molecule has 5 heteroatoms. The third-order valence-corrected chi connectivity index (χ3v) is 3.80. The molecule has 16 heavy (non-hydrogen) atoms. The average Bonchev–Trinajstić information content (AvgIpc) is 2.26. The first-order chi connectivity index (χ1) is 7.60. The largest absolute Gasteiger partial charge is 0.355 e. The molecule has 0 aliphatic carbocycles. The molecule has 2 unspecified atom stereocenters. The van der Waals surface area contributed by atoms with Crippen LogP contribution in [0.15, 0.2) is 0 Å². The summed E-state index contributed by atoms with van der Waals surface area (Å²) in [5, 5.41) is 2.78. The van der Waals surface area contributed by atoms with Crippen molar-refractivity contribution in [1.82, 2.24) is 5.32 Å². The topological polar surface area (TPSA) is 72.2 Å². The van der Waals surface area contributed by atoms with Gasteiger partial charge in [-0.15, -0.1) is 0 Å². The van der Waals surface area contributed by atoms with Crippen LogP contribution in [0.3, 0.4) is 0 Å². The number of rotatable bonds is 9. The van der Waals surface area contributed by atoms with Crippen LogP contribution in [0, 0.1) is 5.92 Å². The first-order valence-electron chi connectivity index (χ1n) is 5.91. The minimum absolute atomic E-state index is 0.0528. The molecule has 0 aromatic carbocycles. The highest BCUT2D eigenvalue weighted by Crippen LogP contribution is 2.08. The summed E-state index contributed by atoms with van der Waals surface area (Å²) in [5.74, 6) is 1.77. The number of amides is 1. The lowest BCUT2D eigenvalue weighted by Crippen LogP contribution is -2.28. The molecule has 0 aliphatic heterocycles. The quantitative estimate of drug-likeness (QED) is 0.629. The van der Waals surface area contributed by atoms with Crippen molar-refractivity contribution < 1.29 is 9.00 Å². The van der Waals surface area contributed by atoms with E-state index in [4.69, 9.17) is 5.73 Å². The van der Waals surface area contributed by atoms with Crippen LogP contribution in [-0.4, -0.2) is 34.7 Å². The molecule has 3 N–H and O–H groups in total. The van der Waals surface area contributed by atoms with E-state index in [1.54, 1.807) is 0 Å². The molecule has 0 saturated carbocycles. The van der Waals surface area contributed by atoms with Crippen molar-refractivity contribution in [2.45, 2.75) is 33.1 Å². The van der Waals surface area contributed by atoms with Gasteiger partial charge in [0, 0.05) is 35.3 Å². The standard InChI is InChI=1S/C11H24N2O2S/c1-3-16(15)9-8-13-11(14)5-4-10(2)6-7-12/h10H,3-9,12H2,1-2H3,(H,13,14). The zero-order valence-electron chi connectivity index (χ0n) is 10.3. The van der Waals surface area contributed by atoms with E-state index in [9.17, 15) is 9.00 Å². The molecule has 0 bridgehead atoms. The van der Waals surface area contributed by atoms with E-state index in [1.807, 2.05) is 6.92 Å². The highest BCUT2D eigenvalue weighted by molar-refractivity contribution is 7.84. The normalized spacial score (nSPS) is 14.4. The van der Waals surface area contributed by atoms with E-state index in [1.165, 1.54) is 0 Å². The van der Waals surface area contributed by atoms with Crippen LogP contribution in [0.2, 0.25) is 0 Å². The predicted octanol–water partition coefficient (Wildman–Crippen LogP) is 0.636. The Labute approximate surface area is 101 Å². The molecule has 1 amide bonds.